The molecule has 100 valence electrons. The Hall–Kier alpha value is -1.82. The van der Waals surface area contributed by atoms with E-state index in [1.807, 2.05) is 13.0 Å². The first kappa shape index (κ1) is 11.0. The summed E-state index contributed by atoms with van der Waals surface area (Å²) in [6, 6.07) is 2.53. The smallest absolute Gasteiger partial charge is 0.211 e. The van der Waals surface area contributed by atoms with Crippen molar-refractivity contribution in [3.8, 4) is 0 Å². The number of anilines is 2. The van der Waals surface area contributed by atoms with Gasteiger partial charge in [0.25, 0.3) is 0 Å². The Balaban J connectivity index is 1.87. The largest absolute Gasteiger partial charge is 0.380 e. The van der Waals surface area contributed by atoms with Crippen LogP contribution in [0.1, 0.15) is 18.5 Å². The quantitative estimate of drug-likeness (QED) is 0.794. The van der Waals surface area contributed by atoms with Crippen LogP contribution in [0, 0.1) is 12.8 Å². The first-order valence-electron chi connectivity index (χ1n) is 6.70. The fraction of sp³-hybridized carbons (Fsp3) is 0.538. The molecule has 2 aromatic heterocycles. The predicted octanol–water partition coefficient (Wildman–Crippen LogP) is 1.04. The summed E-state index contributed by atoms with van der Waals surface area (Å²) in [6.07, 6.45) is 2.35. The van der Waals surface area contributed by atoms with Crippen molar-refractivity contribution in [2.45, 2.75) is 31.8 Å². The van der Waals surface area contributed by atoms with Crippen LogP contribution in [0.5, 0.6) is 0 Å². The second-order valence-corrected chi connectivity index (χ2v) is 5.67. The van der Waals surface area contributed by atoms with E-state index in [1.54, 1.807) is 0 Å². The molecule has 0 spiro atoms. The summed E-state index contributed by atoms with van der Waals surface area (Å²) < 4.78 is 5.37. The van der Waals surface area contributed by atoms with Gasteiger partial charge in [-0.25, -0.2) is 4.98 Å². The number of piperidine rings is 1. The molecule has 1 saturated carbocycles. The number of rotatable bonds is 1. The summed E-state index contributed by atoms with van der Waals surface area (Å²) >= 11 is 0. The molecule has 4 rings (SSSR count). The van der Waals surface area contributed by atoms with Crippen LogP contribution in [-0.4, -0.2) is 28.8 Å². The van der Waals surface area contributed by atoms with Crippen LogP contribution >= 0.6 is 0 Å². The maximum Gasteiger partial charge on any atom is 0.211 e. The lowest BCUT2D eigenvalue weighted by molar-refractivity contribution is 0.457. The lowest BCUT2D eigenvalue weighted by atomic mass is 10.1. The molecule has 2 aliphatic rings. The maximum absolute atomic E-state index is 6.26. The van der Waals surface area contributed by atoms with Gasteiger partial charge in [0, 0.05) is 24.3 Å². The number of hydrogen-bond donors (Lipinski definition) is 2. The average molecular weight is 259 g/mol. The van der Waals surface area contributed by atoms with Crippen LogP contribution in [-0.2, 0) is 0 Å². The average Bonchev–Trinajstić information content (AvgIpc) is 3.03. The Labute approximate surface area is 110 Å². The highest BCUT2D eigenvalue weighted by atomic mass is 16.5. The number of nitrogens with two attached hydrogens (primary N) is 2. The van der Waals surface area contributed by atoms with Crippen molar-refractivity contribution in [3.05, 3.63) is 11.8 Å². The number of nitrogen functional groups attached to an aromatic ring is 1. The fourth-order valence-electron chi connectivity index (χ4n) is 3.56. The first-order chi connectivity index (χ1) is 9.15. The van der Waals surface area contributed by atoms with Crippen molar-refractivity contribution in [1.29, 1.82) is 0 Å². The van der Waals surface area contributed by atoms with E-state index < -0.39 is 0 Å². The van der Waals surface area contributed by atoms with Gasteiger partial charge in [-0.05, 0) is 31.7 Å². The fourth-order valence-corrected chi connectivity index (χ4v) is 3.56. The van der Waals surface area contributed by atoms with Gasteiger partial charge in [-0.1, -0.05) is 5.16 Å². The number of aryl methyl sites for hydroxylation is 1. The molecule has 2 aromatic rings. The van der Waals surface area contributed by atoms with E-state index in [2.05, 4.69) is 15.0 Å². The number of fused-ring (bicyclic) bond motifs is 3. The van der Waals surface area contributed by atoms with Crippen LogP contribution in [0.25, 0.3) is 11.0 Å². The van der Waals surface area contributed by atoms with Gasteiger partial charge in [0.05, 0.1) is 5.39 Å². The zero-order valence-corrected chi connectivity index (χ0v) is 10.8. The summed E-state index contributed by atoms with van der Waals surface area (Å²) in [5, 5.41) is 4.70. The number of nitrogens with zero attached hydrogens (tertiary/aromatic N) is 3. The standard InChI is InChI=1S/C13H17N5O/c1-6-4-8-11(19-17-12(8)15)13(16-6)18-5-7-2-3-9(18)10(7)14/h4,7,9-10H,2-3,5,14H2,1H3,(H2,15,17)/t7-,9-,10+/m0/s1. The van der Waals surface area contributed by atoms with Gasteiger partial charge < -0.3 is 20.9 Å². The van der Waals surface area contributed by atoms with E-state index in [-0.39, 0.29) is 6.04 Å². The van der Waals surface area contributed by atoms with E-state index in [4.69, 9.17) is 16.0 Å². The van der Waals surface area contributed by atoms with Crippen LogP contribution in [0.4, 0.5) is 11.6 Å². The third-order valence-corrected chi connectivity index (χ3v) is 4.52. The molecule has 0 radical (unpaired) electrons. The van der Waals surface area contributed by atoms with Gasteiger partial charge in [0.1, 0.15) is 0 Å². The predicted molar refractivity (Wildman–Crippen MR) is 72.8 cm³/mol. The van der Waals surface area contributed by atoms with Crippen molar-refractivity contribution in [3.63, 3.8) is 0 Å². The minimum absolute atomic E-state index is 0.248. The third-order valence-electron chi connectivity index (χ3n) is 4.52. The normalized spacial score (nSPS) is 29.6. The Morgan fingerprint density at radius 3 is 2.95 bits per heavy atom. The Kier molecular flexibility index (Phi) is 2.09. The molecule has 19 heavy (non-hydrogen) atoms. The second-order valence-electron chi connectivity index (χ2n) is 5.67. The zero-order valence-electron chi connectivity index (χ0n) is 10.8. The van der Waals surface area contributed by atoms with Crippen molar-refractivity contribution >= 4 is 22.6 Å². The number of hydrogen-bond acceptors (Lipinski definition) is 6. The summed E-state index contributed by atoms with van der Waals surface area (Å²) in [7, 11) is 0. The zero-order chi connectivity index (χ0) is 13.1. The van der Waals surface area contributed by atoms with Crippen LogP contribution in [0.2, 0.25) is 0 Å². The van der Waals surface area contributed by atoms with Gasteiger partial charge in [-0.15, -0.1) is 0 Å². The van der Waals surface area contributed by atoms with Crippen LogP contribution in [0.15, 0.2) is 10.6 Å². The molecule has 0 aromatic carbocycles. The highest BCUT2D eigenvalue weighted by molar-refractivity contribution is 5.94. The monoisotopic (exact) mass is 259 g/mol. The molecule has 1 aliphatic carbocycles. The molecule has 0 amide bonds. The van der Waals surface area contributed by atoms with Crippen LogP contribution < -0.4 is 16.4 Å². The summed E-state index contributed by atoms with van der Waals surface area (Å²) in [4.78, 5) is 6.91. The third kappa shape index (κ3) is 1.40. The Bertz CT molecular complexity index is 652. The van der Waals surface area contributed by atoms with Gasteiger partial charge in [0.2, 0.25) is 5.58 Å². The highest BCUT2D eigenvalue weighted by Crippen LogP contribution is 2.41. The molecule has 6 nitrogen and oxygen atoms in total. The Morgan fingerprint density at radius 1 is 1.42 bits per heavy atom. The van der Waals surface area contributed by atoms with E-state index in [0.717, 1.165) is 29.9 Å². The minimum Gasteiger partial charge on any atom is -0.380 e. The first-order valence-corrected chi connectivity index (χ1v) is 6.70. The van der Waals surface area contributed by atoms with Gasteiger partial charge >= 0.3 is 0 Å². The van der Waals surface area contributed by atoms with E-state index in [1.165, 1.54) is 6.42 Å². The molecule has 2 fully saturated rings. The molecular formula is C13H17N5O. The summed E-state index contributed by atoms with van der Waals surface area (Å²) in [6.45, 7) is 2.92. The summed E-state index contributed by atoms with van der Waals surface area (Å²) in [5.74, 6) is 1.85. The van der Waals surface area contributed by atoms with E-state index in [0.29, 0.717) is 23.4 Å². The lowest BCUT2D eigenvalue weighted by Gasteiger charge is -2.28. The van der Waals surface area contributed by atoms with Gasteiger partial charge in [0.15, 0.2) is 11.6 Å². The highest BCUT2D eigenvalue weighted by Gasteiger charge is 2.46. The molecule has 4 N–H and O–H groups in total. The van der Waals surface area contributed by atoms with Crippen LogP contribution in [0.3, 0.4) is 0 Å². The topological polar surface area (TPSA) is 94.2 Å². The molecular weight excluding hydrogens is 242 g/mol. The summed E-state index contributed by atoms with van der Waals surface area (Å²) in [5.41, 5.74) is 13.7. The Morgan fingerprint density at radius 2 is 2.26 bits per heavy atom. The van der Waals surface area contributed by atoms with Gasteiger partial charge in [-0.3, -0.25) is 0 Å². The maximum atomic E-state index is 6.26. The van der Waals surface area contributed by atoms with E-state index in [9.17, 15) is 0 Å². The minimum atomic E-state index is 0.248. The molecule has 3 atom stereocenters. The van der Waals surface area contributed by atoms with Crippen molar-refractivity contribution in [2.75, 3.05) is 17.2 Å². The second kappa shape index (κ2) is 3.60. The van der Waals surface area contributed by atoms with Crippen molar-refractivity contribution in [1.82, 2.24) is 10.1 Å². The molecule has 1 saturated heterocycles. The van der Waals surface area contributed by atoms with E-state index >= 15 is 0 Å². The number of aromatic nitrogens is 2. The molecule has 6 heteroatoms. The SMILES string of the molecule is Cc1cc2c(N)noc2c(N2C[C@@H]3CC[C@H]2[C@@H]3N)n1. The molecule has 1 aliphatic heterocycles. The number of pyridine rings is 1. The van der Waals surface area contributed by atoms with Gasteiger partial charge in [-0.2, -0.15) is 0 Å². The van der Waals surface area contributed by atoms with Crippen molar-refractivity contribution in [2.24, 2.45) is 11.7 Å². The molecule has 3 heterocycles. The lowest BCUT2D eigenvalue weighted by Crippen LogP contribution is -2.38. The van der Waals surface area contributed by atoms with Crippen molar-refractivity contribution < 1.29 is 4.52 Å². The molecule has 0 unspecified atom stereocenters. The molecule has 2 bridgehead atoms.